The number of benzene rings is 1. The summed E-state index contributed by atoms with van der Waals surface area (Å²) in [7, 11) is 0. The van der Waals surface area contributed by atoms with E-state index in [4.69, 9.17) is 16.7 Å². The third-order valence-corrected chi connectivity index (χ3v) is 2.84. The molecular weight excluding hydrogens is 284 g/mol. The van der Waals surface area contributed by atoms with Gasteiger partial charge in [-0.15, -0.1) is 0 Å². The maximum atomic E-state index is 10.7. The van der Waals surface area contributed by atoms with Crippen molar-refractivity contribution in [3.8, 4) is 0 Å². The molecule has 0 radical (unpaired) electrons. The first-order chi connectivity index (χ1) is 9.31. The molecule has 0 atom stereocenters. The minimum Gasteiger partial charge on any atom is -0.481 e. The molecule has 20 heavy (non-hydrogen) atoms. The van der Waals surface area contributed by atoms with Crippen molar-refractivity contribution in [2.75, 3.05) is 18.0 Å². The number of nitro benzene ring substituents is 1. The monoisotopic (exact) mass is 298 g/mol. The number of carboxylic acids is 1. The van der Waals surface area contributed by atoms with Gasteiger partial charge < -0.3 is 10.0 Å². The van der Waals surface area contributed by atoms with E-state index < -0.39 is 10.9 Å². The van der Waals surface area contributed by atoms with Gasteiger partial charge in [0.05, 0.1) is 22.1 Å². The quantitative estimate of drug-likeness (QED) is 0.475. The Bertz CT molecular complexity index is 545. The van der Waals surface area contributed by atoms with Gasteiger partial charge in [0.2, 0.25) is 0 Å². The third-order valence-electron chi connectivity index (χ3n) is 2.54. The van der Waals surface area contributed by atoms with E-state index in [9.17, 15) is 14.9 Å². The summed E-state index contributed by atoms with van der Waals surface area (Å²) in [6, 6.07) is 4.11. The van der Waals surface area contributed by atoms with Gasteiger partial charge in [0.15, 0.2) is 0 Å². The van der Waals surface area contributed by atoms with E-state index in [1.165, 1.54) is 18.2 Å². The van der Waals surface area contributed by atoms with Crippen LogP contribution >= 0.6 is 11.6 Å². The topological polar surface area (TPSA) is 83.7 Å². The predicted octanol–water partition coefficient (Wildman–Crippen LogP) is 3.11. The summed E-state index contributed by atoms with van der Waals surface area (Å²) in [4.78, 5) is 22.6. The fourth-order valence-corrected chi connectivity index (χ4v) is 2.00. The van der Waals surface area contributed by atoms with E-state index in [2.05, 4.69) is 6.58 Å². The summed E-state index contributed by atoms with van der Waals surface area (Å²) in [5.41, 5.74) is 1.29. The zero-order valence-corrected chi connectivity index (χ0v) is 11.8. The number of hydrogen-bond donors (Lipinski definition) is 1. The number of halogens is 1. The SMILES string of the molecule is C=C(C)CN(CCC(=O)O)c1ccc([N+](=O)[O-])cc1Cl. The molecule has 0 aliphatic heterocycles. The van der Waals surface area contributed by atoms with E-state index >= 15 is 0 Å². The highest BCUT2D eigenvalue weighted by Gasteiger charge is 2.15. The van der Waals surface area contributed by atoms with Crippen LogP contribution in [-0.4, -0.2) is 29.1 Å². The van der Waals surface area contributed by atoms with E-state index in [-0.39, 0.29) is 23.7 Å². The van der Waals surface area contributed by atoms with E-state index in [0.717, 1.165) is 5.57 Å². The molecule has 0 aliphatic carbocycles. The molecule has 0 saturated heterocycles. The van der Waals surface area contributed by atoms with E-state index in [0.29, 0.717) is 12.2 Å². The largest absolute Gasteiger partial charge is 0.481 e. The van der Waals surface area contributed by atoms with Gasteiger partial charge in [-0.25, -0.2) is 0 Å². The van der Waals surface area contributed by atoms with Crippen molar-refractivity contribution in [3.63, 3.8) is 0 Å². The molecule has 0 heterocycles. The number of carbonyl (C=O) groups is 1. The standard InChI is InChI=1S/C13H15ClN2O4/c1-9(2)8-15(6-5-13(17)18)12-4-3-10(16(19)20)7-11(12)14/h3-4,7H,1,5-6,8H2,2H3,(H,17,18). The van der Waals surface area contributed by atoms with Gasteiger partial charge in [-0.2, -0.15) is 0 Å². The highest BCUT2D eigenvalue weighted by atomic mass is 35.5. The molecule has 0 aromatic heterocycles. The number of carboxylic acid groups (broad SMARTS) is 1. The summed E-state index contributed by atoms with van der Waals surface area (Å²) in [5.74, 6) is -0.922. The number of rotatable bonds is 7. The Morgan fingerprint density at radius 3 is 2.65 bits per heavy atom. The van der Waals surface area contributed by atoms with E-state index in [1.54, 1.807) is 4.90 Å². The Morgan fingerprint density at radius 1 is 1.55 bits per heavy atom. The first-order valence-corrected chi connectivity index (χ1v) is 6.24. The molecular formula is C13H15ClN2O4. The van der Waals surface area contributed by atoms with Gasteiger partial charge in [-0.3, -0.25) is 14.9 Å². The van der Waals surface area contributed by atoms with Crippen LogP contribution in [0.2, 0.25) is 5.02 Å². The first kappa shape index (κ1) is 16.0. The van der Waals surface area contributed by atoms with Crippen LogP contribution in [0.1, 0.15) is 13.3 Å². The number of nitrogens with zero attached hydrogens (tertiary/aromatic N) is 2. The van der Waals surface area contributed by atoms with Crippen LogP contribution in [0.4, 0.5) is 11.4 Å². The number of non-ortho nitro benzene ring substituents is 1. The minimum atomic E-state index is -0.922. The number of aliphatic carboxylic acids is 1. The maximum absolute atomic E-state index is 10.7. The van der Waals surface area contributed by atoms with Crippen LogP contribution in [0.3, 0.4) is 0 Å². The molecule has 0 spiro atoms. The molecule has 1 aromatic rings. The molecule has 0 bridgehead atoms. The zero-order chi connectivity index (χ0) is 15.3. The van der Waals surface area contributed by atoms with Crippen molar-refractivity contribution < 1.29 is 14.8 Å². The second-order valence-electron chi connectivity index (χ2n) is 4.42. The maximum Gasteiger partial charge on any atom is 0.305 e. The highest BCUT2D eigenvalue weighted by molar-refractivity contribution is 6.33. The van der Waals surface area contributed by atoms with Crippen LogP contribution in [0.25, 0.3) is 0 Å². The van der Waals surface area contributed by atoms with Crippen LogP contribution in [0, 0.1) is 10.1 Å². The lowest BCUT2D eigenvalue weighted by Crippen LogP contribution is -2.28. The van der Waals surface area contributed by atoms with Crippen molar-refractivity contribution in [2.24, 2.45) is 0 Å². The Balaban J connectivity index is 3.03. The molecule has 0 fully saturated rings. The Hall–Kier alpha value is -2.08. The lowest BCUT2D eigenvalue weighted by molar-refractivity contribution is -0.384. The first-order valence-electron chi connectivity index (χ1n) is 5.86. The van der Waals surface area contributed by atoms with Crippen LogP contribution in [0.5, 0.6) is 0 Å². The highest BCUT2D eigenvalue weighted by Crippen LogP contribution is 2.30. The molecule has 0 unspecified atom stereocenters. The van der Waals surface area contributed by atoms with Crippen molar-refractivity contribution in [1.29, 1.82) is 0 Å². The lowest BCUT2D eigenvalue weighted by Gasteiger charge is -2.25. The summed E-state index contributed by atoms with van der Waals surface area (Å²) >= 11 is 6.04. The number of hydrogen-bond acceptors (Lipinski definition) is 4. The molecule has 1 N–H and O–H groups in total. The van der Waals surface area contributed by atoms with Gasteiger partial charge in [0, 0.05) is 25.2 Å². The second-order valence-corrected chi connectivity index (χ2v) is 4.82. The van der Waals surface area contributed by atoms with Crippen LogP contribution in [0.15, 0.2) is 30.4 Å². The number of anilines is 1. The van der Waals surface area contributed by atoms with Gasteiger partial charge in [0.25, 0.3) is 5.69 Å². The molecule has 7 heteroatoms. The Kier molecular flexibility index (Phi) is 5.52. The second kappa shape index (κ2) is 6.91. The summed E-state index contributed by atoms with van der Waals surface area (Å²) in [6.07, 6.45) is -0.0550. The average Bonchev–Trinajstić information content (AvgIpc) is 2.33. The van der Waals surface area contributed by atoms with Gasteiger partial charge >= 0.3 is 5.97 Å². The van der Waals surface area contributed by atoms with Crippen molar-refractivity contribution in [1.82, 2.24) is 0 Å². The normalized spacial score (nSPS) is 10.1. The van der Waals surface area contributed by atoms with Crippen molar-refractivity contribution in [3.05, 3.63) is 45.5 Å². The van der Waals surface area contributed by atoms with Gasteiger partial charge in [0.1, 0.15) is 0 Å². The average molecular weight is 299 g/mol. The third kappa shape index (κ3) is 4.55. The Labute approximate surface area is 121 Å². The summed E-state index contributed by atoms with van der Waals surface area (Å²) in [5, 5.41) is 19.6. The fourth-order valence-electron chi connectivity index (χ4n) is 1.71. The zero-order valence-electron chi connectivity index (χ0n) is 11.0. The lowest BCUT2D eigenvalue weighted by atomic mass is 10.2. The molecule has 1 aromatic carbocycles. The van der Waals surface area contributed by atoms with Gasteiger partial charge in [-0.05, 0) is 13.0 Å². The minimum absolute atomic E-state index is 0.0550. The Morgan fingerprint density at radius 2 is 2.20 bits per heavy atom. The molecule has 0 aliphatic rings. The van der Waals surface area contributed by atoms with E-state index in [1.807, 2.05) is 6.92 Å². The molecule has 1 rings (SSSR count). The van der Waals surface area contributed by atoms with Crippen molar-refractivity contribution >= 4 is 28.9 Å². The number of nitro groups is 1. The van der Waals surface area contributed by atoms with Crippen molar-refractivity contribution in [2.45, 2.75) is 13.3 Å². The molecule has 0 saturated carbocycles. The van der Waals surface area contributed by atoms with Gasteiger partial charge in [-0.1, -0.05) is 23.8 Å². The van der Waals surface area contributed by atoms with Crippen LogP contribution in [-0.2, 0) is 4.79 Å². The molecule has 0 amide bonds. The predicted molar refractivity (Wildman–Crippen MR) is 77.4 cm³/mol. The fraction of sp³-hybridized carbons (Fsp3) is 0.308. The smallest absolute Gasteiger partial charge is 0.305 e. The summed E-state index contributed by atoms with van der Waals surface area (Å²) < 4.78 is 0. The molecule has 6 nitrogen and oxygen atoms in total. The molecule has 108 valence electrons. The van der Waals surface area contributed by atoms with Crippen LogP contribution < -0.4 is 4.90 Å². The summed E-state index contributed by atoms with van der Waals surface area (Å²) in [6.45, 7) is 6.28.